The maximum Gasteiger partial charge on any atom is 0.311 e. The lowest BCUT2D eigenvalue weighted by atomic mass is 9.55. The van der Waals surface area contributed by atoms with Gasteiger partial charge in [-0.3, -0.25) is 19.3 Å². The van der Waals surface area contributed by atoms with E-state index in [-0.39, 0.29) is 47.4 Å². The molecular formula is C22H26N2O5. The van der Waals surface area contributed by atoms with E-state index in [1.54, 1.807) is 6.92 Å². The van der Waals surface area contributed by atoms with Crippen LogP contribution in [0.1, 0.15) is 32.3 Å². The Balaban J connectivity index is 1.72. The average Bonchev–Trinajstić information content (AvgIpc) is 3.22. The van der Waals surface area contributed by atoms with Gasteiger partial charge in [0.1, 0.15) is 6.10 Å². The number of esters is 2. The molecule has 0 aromatic heterocycles. The minimum atomic E-state index is -0.530. The molecule has 1 aromatic carbocycles. The van der Waals surface area contributed by atoms with Crippen molar-refractivity contribution in [1.29, 1.82) is 0 Å². The van der Waals surface area contributed by atoms with Crippen LogP contribution in [-0.2, 0) is 29.3 Å². The number of benzene rings is 1. The molecule has 1 aromatic rings. The lowest BCUT2D eigenvalue weighted by Crippen LogP contribution is -2.69. The molecule has 6 atom stereocenters. The molecule has 5 rings (SSSR count). The number of amides is 1. The highest BCUT2D eigenvalue weighted by Gasteiger charge is 2.70. The first-order valence-corrected chi connectivity index (χ1v) is 10.3. The van der Waals surface area contributed by atoms with Gasteiger partial charge in [-0.1, -0.05) is 18.2 Å². The van der Waals surface area contributed by atoms with Crippen LogP contribution in [0.3, 0.4) is 0 Å². The van der Waals surface area contributed by atoms with Gasteiger partial charge in [-0.25, -0.2) is 0 Å². The Morgan fingerprint density at radius 2 is 1.93 bits per heavy atom. The molecule has 4 aliphatic rings. The molecule has 7 nitrogen and oxygen atoms in total. The second-order valence-corrected chi connectivity index (χ2v) is 8.75. The van der Waals surface area contributed by atoms with Gasteiger partial charge >= 0.3 is 11.9 Å². The Morgan fingerprint density at radius 1 is 1.17 bits per heavy atom. The first kappa shape index (κ1) is 18.6. The molecule has 154 valence electrons. The Bertz CT molecular complexity index is 901. The molecule has 2 saturated heterocycles. The lowest BCUT2D eigenvalue weighted by Gasteiger charge is -2.56. The first-order valence-electron chi connectivity index (χ1n) is 10.3. The molecule has 0 unspecified atom stereocenters. The van der Waals surface area contributed by atoms with Crippen molar-refractivity contribution in [3.05, 3.63) is 29.8 Å². The fraction of sp³-hybridized carbons (Fsp3) is 0.591. The summed E-state index contributed by atoms with van der Waals surface area (Å²) in [4.78, 5) is 42.0. The Morgan fingerprint density at radius 3 is 2.62 bits per heavy atom. The van der Waals surface area contributed by atoms with Gasteiger partial charge in [0.15, 0.2) is 0 Å². The number of para-hydroxylation sites is 1. The molecular weight excluding hydrogens is 372 g/mol. The van der Waals surface area contributed by atoms with Gasteiger partial charge in [0.2, 0.25) is 5.91 Å². The van der Waals surface area contributed by atoms with Gasteiger partial charge in [0.25, 0.3) is 0 Å². The van der Waals surface area contributed by atoms with Crippen molar-refractivity contribution in [2.24, 2.45) is 11.8 Å². The summed E-state index contributed by atoms with van der Waals surface area (Å²) in [5.41, 5.74) is 1.77. The van der Waals surface area contributed by atoms with E-state index in [1.165, 1.54) is 14.0 Å². The zero-order chi connectivity index (χ0) is 20.5. The van der Waals surface area contributed by atoms with E-state index in [0.29, 0.717) is 6.54 Å². The molecule has 7 heteroatoms. The monoisotopic (exact) mass is 398 g/mol. The van der Waals surface area contributed by atoms with Crippen LogP contribution in [0.2, 0.25) is 0 Å². The topological polar surface area (TPSA) is 76.2 Å². The number of carbonyl (C=O) groups is 3. The second kappa shape index (κ2) is 6.29. The Kier molecular flexibility index (Phi) is 4.04. The number of nitrogens with zero attached hydrogens (tertiary/aromatic N) is 2. The van der Waals surface area contributed by atoms with Crippen molar-refractivity contribution < 1.29 is 23.9 Å². The summed E-state index contributed by atoms with van der Waals surface area (Å²) in [6.07, 6.45) is 1.26. The fourth-order valence-corrected chi connectivity index (χ4v) is 6.84. The predicted octanol–water partition coefficient (Wildman–Crippen LogP) is 1.49. The molecule has 3 fully saturated rings. The van der Waals surface area contributed by atoms with Crippen LogP contribution in [0.15, 0.2) is 24.3 Å². The molecule has 1 saturated carbocycles. The standard InChI is InChI=1S/C22H26N2O5/c1-12(25)24-16-7-5-4-6-15(16)22-8-9-23-11-17(29-13(2)26)14(10-18(22)23)19(20(22)24)21(27)28-3/h4-7,14,17-20H,8-11H2,1-3H3/t14-,17-,18-,19+,20-,22+/m0/s1. The largest absolute Gasteiger partial charge is 0.469 e. The van der Waals surface area contributed by atoms with Gasteiger partial charge in [-0.15, -0.1) is 0 Å². The molecule has 1 aliphatic carbocycles. The number of rotatable bonds is 2. The average molecular weight is 398 g/mol. The third-order valence-corrected chi connectivity index (χ3v) is 7.64. The molecule has 3 heterocycles. The zero-order valence-electron chi connectivity index (χ0n) is 17.0. The highest BCUT2D eigenvalue weighted by molar-refractivity contribution is 5.97. The van der Waals surface area contributed by atoms with E-state index < -0.39 is 5.92 Å². The van der Waals surface area contributed by atoms with Crippen LogP contribution in [0.4, 0.5) is 5.69 Å². The number of piperidine rings is 1. The van der Waals surface area contributed by atoms with E-state index in [1.807, 2.05) is 23.1 Å². The van der Waals surface area contributed by atoms with Gasteiger partial charge in [-0.2, -0.15) is 0 Å². The predicted molar refractivity (Wildman–Crippen MR) is 104 cm³/mol. The number of anilines is 1. The Hall–Kier alpha value is -2.41. The molecule has 3 aliphatic heterocycles. The number of hydrogen-bond donors (Lipinski definition) is 0. The van der Waals surface area contributed by atoms with Crippen LogP contribution in [0.5, 0.6) is 0 Å². The third-order valence-electron chi connectivity index (χ3n) is 7.64. The SMILES string of the molecule is COC(=O)[C@@H]1[C@H]2C[C@@H]3N(CC[C@@]34c3ccccc3N(C(C)=O)[C@@H]14)C[C@@H]2OC(C)=O. The maximum atomic E-state index is 13.1. The highest BCUT2D eigenvalue weighted by Crippen LogP contribution is 2.62. The second-order valence-electron chi connectivity index (χ2n) is 8.75. The third kappa shape index (κ3) is 2.31. The van der Waals surface area contributed by atoms with Crippen LogP contribution < -0.4 is 4.90 Å². The van der Waals surface area contributed by atoms with E-state index in [0.717, 1.165) is 30.6 Å². The van der Waals surface area contributed by atoms with Crippen molar-refractivity contribution in [3.8, 4) is 0 Å². The van der Waals surface area contributed by atoms with E-state index >= 15 is 0 Å². The summed E-state index contributed by atoms with van der Waals surface area (Å²) in [6, 6.07) is 7.94. The fourth-order valence-electron chi connectivity index (χ4n) is 6.84. The molecule has 29 heavy (non-hydrogen) atoms. The van der Waals surface area contributed by atoms with E-state index in [9.17, 15) is 14.4 Å². The maximum absolute atomic E-state index is 13.1. The van der Waals surface area contributed by atoms with Gasteiger partial charge in [0.05, 0.1) is 19.1 Å². The highest BCUT2D eigenvalue weighted by atomic mass is 16.5. The van der Waals surface area contributed by atoms with Gasteiger partial charge in [-0.05, 0) is 31.0 Å². The number of carbonyl (C=O) groups excluding carboxylic acids is 3. The normalized spacial score (nSPS) is 36.9. The quantitative estimate of drug-likeness (QED) is 0.703. The van der Waals surface area contributed by atoms with Crippen LogP contribution in [0, 0.1) is 11.8 Å². The minimum absolute atomic E-state index is 0.0734. The van der Waals surface area contributed by atoms with Crippen molar-refractivity contribution in [2.75, 3.05) is 25.1 Å². The van der Waals surface area contributed by atoms with E-state index in [4.69, 9.17) is 9.47 Å². The van der Waals surface area contributed by atoms with Crippen LogP contribution in [0.25, 0.3) is 0 Å². The summed E-state index contributed by atoms with van der Waals surface area (Å²) in [7, 11) is 1.39. The number of ether oxygens (including phenoxy) is 2. The first-order chi connectivity index (χ1) is 13.9. The molecule has 0 N–H and O–H groups in total. The zero-order valence-corrected chi connectivity index (χ0v) is 17.0. The van der Waals surface area contributed by atoms with Crippen molar-refractivity contribution >= 4 is 23.5 Å². The summed E-state index contributed by atoms with van der Waals surface area (Å²) in [6.45, 7) is 4.45. The molecule has 1 amide bonds. The van der Waals surface area contributed by atoms with Crippen molar-refractivity contribution in [1.82, 2.24) is 4.90 Å². The smallest absolute Gasteiger partial charge is 0.311 e. The summed E-state index contributed by atoms with van der Waals surface area (Å²) >= 11 is 0. The van der Waals surface area contributed by atoms with Crippen LogP contribution >= 0.6 is 0 Å². The molecule has 1 spiro atoms. The number of fused-ring (bicyclic) bond motifs is 2. The lowest BCUT2D eigenvalue weighted by molar-refractivity contribution is -0.171. The van der Waals surface area contributed by atoms with Crippen LogP contribution in [-0.4, -0.2) is 61.1 Å². The minimum Gasteiger partial charge on any atom is -0.469 e. The van der Waals surface area contributed by atoms with Crippen molar-refractivity contribution in [3.63, 3.8) is 0 Å². The van der Waals surface area contributed by atoms with Gasteiger partial charge in [0, 0.05) is 43.5 Å². The van der Waals surface area contributed by atoms with Crippen molar-refractivity contribution in [2.45, 2.75) is 50.3 Å². The van der Waals surface area contributed by atoms with Gasteiger partial charge < -0.3 is 14.4 Å². The number of methoxy groups -OCH3 is 1. The summed E-state index contributed by atoms with van der Waals surface area (Å²) in [5, 5.41) is 0. The summed E-state index contributed by atoms with van der Waals surface area (Å²) < 4.78 is 10.9. The molecule has 2 bridgehead atoms. The van der Waals surface area contributed by atoms with E-state index in [2.05, 4.69) is 11.0 Å². The molecule has 0 radical (unpaired) electrons. The Labute approximate surface area is 169 Å². The number of hydrogen-bond acceptors (Lipinski definition) is 6. The summed E-state index contributed by atoms with van der Waals surface area (Å²) in [5.74, 6) is -1.44.